The van der Waals surface area contributed by atoms with Crippen molar-refractivity contribution in [2.24, 2.45) is 7.05 Å². The lowest BCUT2D eigenvalue weighted by atomic mass is 10.2. The first-order chi connectivity index (χ1) is 15.5. The fraction of sp³-hybridized carbons (Fsp3) is 0.360. The van der Waals surface area contributed by atoms with Gasteiger partial charge in [0.1, 0.15) is 18.1 Å². The Morgan fingerprint density at radius 1 is 1.03 bits per heavy atom. The number of furan rings is 1. The lowest BCUT2D eigenvalue weighted by Gasteiger charge is -2.31. The summed E-state index contributed by atoms with van der Waals surface area (Å²) in [5, 5.41) is 0. The first-order valence-electron chi connectivity index (χ1n) is 10.9. The monoisotopic (exact) mass is 437 g/mol. The molecule has 0 saturated carbocycles. The third kappa shape index (κ3) is 6.26. The number of aromatic nitrogens is 1. The van der Waals surface area contributed by atoms with Crippen LogP contribution in [0, 0.1) is 0 Å². The number of nitrogens with zero attached hydrogens (tertiary/aromatic N) is 3. The third-order valence-corrected chi connectivity index (χ3v) is 5.54. The van der Waals surface area contributed by atoms with Gasteiger partial charge in [-0.1, -0.05) is 25.1 Å². The zero-order valence-corrected chi connectivity index (χ0v) is 18.9. The van der Waals surface area contributed by atoms with Crippen molar-refractivity contribution < 1.29 is 18.7 Å². The third-order valence-electron chi connectivity index (χ3n) is 5.54. The SMILES string of the molecule is CCC(C)N(CC(=O)N(Cc1ccco1)Cc1cccn1C)C(=O)COc1ccccc1. The fourth-order valence-corrected chi connectivity index (χ4v) is 3.38. The Labute approximate surface area is 189 Å². The van der Waals surface area contributed by atoms with Crippen LogP contribution in [0.5, 0.6) is 5.75 Å². The van der Waals surface area contributed by atoms with Crippen molar-refractivity contribution in [1.29, 1.82) is 0 Å². The smallest absolute Gasteiger partial charge is 0.261 e. The first-order valence-corrected chi connectivity index (χ1v) is 10.9. The second-order valence-electron chi connectivity index (χ2n) is 7.82. The van der Waals surface area contributed by atoms with E-state index >= 15 is 0 Å². The molecule has 170 valence electrons. The molecule has 0 aliphatic heterocycles. The Morgan fingerprint density at radius 2 is 1.81 bits per heavy atom. The normalized spacial score (nSPS) is 11.7. The Morgan fingerprint density at radius 3 is 2.44 bits per heavy atom. The molecular formula is C25H31N3O4. The predicted molar refractivity (Wildman–Crippen MR) is 122 cm³/mol. The van der Waals surface area contributed by atoms with Crippen molar-refractivity contribution in [2.45, 2.75) is 39.4 Å². The zero-order valence-electron chi connectivity index (χ0n) is 18.9. The van der Waals surface area contributed by atoms with Gasteiger partial charge in [0.2, 0.25) is 5.91 Å². The summed E-state index contributed by atoms with van der Waals surface area (Å²) in [6.45, 7) is 4.57. The summed E-state index contributed by atoms with van der Waals surface area (Å²) < 4.78 is 13.1. The molecule has 2 heterocycles. The Kier molecular flexibility index (Phi) is 8.14. The quantitative estimate of drug-likeness (QED) is 0.457. The molecule has 3 rings (SSSR count). The van der Waals surface area contributed by atoms with Gasteiger partial charge in [-0.15, -0.1) is 0 Å². The highest BCUT2D eigenvalue weighted by Gasteiger charge is 2.26. The maximum atomic E-state index is 13.4. The van der Waals surface area contributed by atoms with Crippen molar-refractivity contribution in [3.05, 3.63) is 78.5 Å². The molecule has 32 heavy (non-hydrogen) atoms. The number of amides is 2. The molecule has 3 aromatic rings. The van der Waals surface area contributed by atoms with E-state index < -0.39 is 0 Å². The lowest BCUT2D eigenvalue weighted by molar-refractivity contribution is -0.144. The number of carbonyl (C=O) groups excluding carboxylic acids is 2. The van der Waals surface area contributed by atoms with Crippen LogP contribution in [0.15, 0.2) is 71.5 Å². The van der Waals surface area contributed by atoms with Gasteiger partial charge in [-0.05, 0) is 49.7 Å². The molecule has 0 radical (unpaired) electrons. The van der Waals surface area contributed by atoms with Crippen LogP contribution in [0.3, 0.4) is 0 Å². The highest BCUT2D eigenvalue weighted by molar-refractivity contribution is 5.85. The van der Waals surface area contributed by atoms with E-state index in [1.807, 2.05) is 68.1 Å². The van der Waals surface area contributed by atoms with E-state index in [9.17, 15) is 9.59 Å². The molecule has 0 N–H and O–H groups in total. The molecule has 0 bridgehead atoms. The highest BCUT2D eigenvalue weighted by Crippen LogP contribution is 2.14. The van der Waals surface area contributed by atoms with E-state index in [1.54, 1.807) is 34.3 Å². The van der Waals surface area contributed by atoms with E-state index in [4.69, 9.17) is 9.15 Å². The van der Waals surface area contributed by atoms with Crippen molar-refractivity contribution in [2.75, 3.05) is 13.2 Å². The van der Waals surface area contributed by atoms with Crippen LogP contribution in [-0.4, -0.2) is 45.4 Å². The van der Waals surface area contributed by atoms with E-state index in [0.29, 0.717) is 24.6 Å². The molecule has 0 spiro atoms. The van der Waals surface area contributed by atoms with Gasteiger partial charge in [0, 0.05) is 25.0 Å². The number of hydrogen-bond acceptors (Lipinski definition) is 4. The summed E-state index contributed by atoms with van der Waals surface area (Å²) in [4.78, 5) is 29.6. The fourth-order valence-electron chi connectivity index (χ4n) is 3.38. The Balaban J connectivity index is 1.71. The molecule has 0 aliphatic rings. The molecule has 0 saturated heterocycles. The minimum atomic E-state index is -0.214. The van der Waals surface area contributed by atoms with Gasteiger partial charge in [0.15, 0.2) is 6.61 Å². The minimum absolute atomic E-state index is 0.0167. The second-order valence-corrected chi connectivity index (χ2v) is 7.82. The van der Waals surface area contributed by atoms with Gasteiger partial charge in [-0.25, -0.2) is 0 Å². The van der Waals surface area contributed by atoms with Gasteiger partial charge in [-0.2, -0.15) is 0 Å². The van der Waals surface area contributed by atoms with Gasteiger partial charge < -0.3 is 23.5 Å². The van der Waals surface area contributed by atoms with Crippen LogP contribution >= 0.6 is 0 Å². The van der Waals surface area contributed by atoms with Crippen LogP contribution in [0.4, 0.5) is 0 Å². The number of hydrogen-bond donors (Lipinski definition) is 0. The van der Waals surface area contributed by atoms with E-state index in [0.717, 1.165) is 12.1 Å². The molecule has 7 nitrogen and oxygen atoms in total. The summed E-state index contributed by atoms with van der Waals surface area (Å²) in [7, 11) is 1.95. The average molecular weight is 438 g/mol. The van der Waals surface area contributed by atoms with Crippen LogP contribution in [0.1, 0.15) is 31.7 Å². The maximum Gasteiger partial charge on any atom is 0.261 e. The molecular weight excluding hydrogens is 406 g/mol. The molecule has 0 fully saturated rings. The lowest BCUT2D eigenvalue weighted by Crippen LogP contribution is -2.47. The van der Waals surface area contributed by atoms with E-state index in [-0.39, 0.29) is 31.0 Å². The van der Waals surface area contributed by atoms with Gasteiger partial charge >= 0.3 is 0 Å². The second kappa shape index (κ2) is 11.2. The average Bonchev–Trinajstić information content (AvgIpc) is 3.47. The number of ether oxygens (including phenoxy) is 1. The largest absolute Gasteiger partial charge is 0.484 e. The predicted octanol–water partition coefficient (Wildman–Crippen LogP) is 3.85. The topological polar surface area (TPSA) is 67.9 Å². The molecule has 1 aromatic carbocycles. The zero-order chi connectivity index (χ0) is 22.9. The minimum Gasteiger partial charge on any atom is -0.484 e. The number of benzene rings is 1. The van der Waals surface area contributed by atoms with E-state index in [1.165, 1.54) is 0 Å². The van der Waals surface area contributed by atoms with Crippen LogP contribution < -0.4 is 4.74 Å². The number of rotatable bonds is 11. The number of carbonyl (C=O) groups is 2. The van der Waals surface area contributed by atoms with Crippen LogP contribution in [0.2, 0.25) is 0 Å². The molecule has 2 amide bonds. The van der Waals surface area contributed by atoms with Crippen molar-refractivity contribution in [3.8, 4) is 5.75 Å². The van der Waals surface area contributed by atoms with E-state index in [2.05, 4.69) is 0 Å². The summed E-state index contributed by atoms with van der Waals surface area (Å²) in [6, 6.07) is 16.7. The Hall–Kier alpha value is -3.48. The van der Waals surface area contributed by atoms with Gasteiger partial charge in [0.05, 0.1) is 19.4 Å². The molecule has 2 aromatic heterocycles. The van der Waals surface area contributed by atoms with Crippen molar-refractivity contribution >= 4 is 11.8 Å². The highest BCUT2D eigenvalue weighted by atomic mass is 16.5. The summed E-state index contributed by atoms with van der Waals surface area (Å²) >= 11 is 0. The standard InChI is InChI=1S/C25H31N3O4/c1-4-20(2)28(25(30)19-32-22-11-6-5-7-12-22)18-24(29)27(17-23-13-9-15-31-23)16-21-10-8-14-26(21)3/h5-15,20H,4,16-19H2,1-3H3. The van der Waals surface area contributed by atoms with Crippen molar-refractivity contribution in [1.82, 2.24) is 14.4 Å². The van der Waals surface area contributed by atoms with Crippen LogP contribution in [0.25, 0.3) is 0 Å². The number of aryl methyl sites for hydroxylation is 1. The summed E-state index contributed by atoms with van der Waals surface area (Å²) in [6.07, 6.45) is 4.28. The summed E-state index contributed by atoms with van der Waals surface area (Å²) in [5.41, 5.74) is 0.999. The number of para-hydroxylation sites is 1. The van der Waals surface area contributed by atoms with Crippen LogP contribution in [-0.2, 0) is 29.7 Å². The first kappa shape index (κ1) is 23.2. The molecule has 7 heteroatoms. The van der Waals surface area contributed by atoms with Gasteiger partial charge in [-0.3, -0.25) is 9.59 Å². The molecule has 0 aliphatic carbocycles. The van der Waals surface area contributed by atoms with Crippen molar-refractivity contribution in [3.63, 3.8) is 0 Å². The Bertz CT molecular complexity index is 982. The van der Waals surface area contributed by atoms with Gasteiger partial charge in [0.25, 0.3) is 5.91 Å². The maximum absolute atomic E-state index is 13.4. The molecule has 1 unspecified atom stereocenters. The molecule has 1 atom stereocenters. The summed E-state index contributed by atoms with van der Waals surface area (Å²) in [5.74, 6) is 0.963.